The molecule has 23 heavy (non-hydrogen) atoms. The van der Waals surface area contributed by atoms with Crippen LogP contribution >= 0.6 is 0 Å². The lowest BCUT2D eigenvalue weighted by Crippen LogP contribution is -2.45. The highest BCUT2D eigenvalue weighted by Crippen LogP contribution is 2.19. The van der Waals surface area contributed by atoms with Gasteiger partial charge in [0.25, 0.3) is 5.91 Å². The molecule has 0 N–H and O–H groups in total. The van der Waals surface area contributed by atoms with Crippen LogP contribution in [-0.2, 0) is 4.79 Å². The second-order valence-corrected chi connectivity index (χ2v) is 6.53. The highest BCUT2D eigenvalue weighted by Gasteiger charge is 2.23. The molecule has 1 aromatic rings. The summed E-state index contributed by atoms with van der Waals surface area (Å²) in [5.74, 6) is 0.606. The average Bonchev–Trinajstić information content (AvgIpc) is 2.61. The zero-order valence-electron chi connectivity index (χ0n) is 13.6. The first-order valence-electron chi connectivity index (χ1n) is 8.37. The van der Waals surface area contributed by atoms with Crippen molar-refractivity contribution in [3.8, 4) is 0 Å². The van der Waals surface area contributed by atoms with Gasteiger partial charge in [-0.05, 0) is 30.9 Å². The number of anilines is 1. The quantitative estimate of drug-likeness (QED) is 0.787. The first kappa shape index (κ1) is 15.8. The van der Waals surface area contributed by atoms with Gasteiger partial charge >= 0.3 is 0 Å². The SMILES string of the molecule is CC1CCCN(C(=O)c2ccc(N3CCN(C=O)CC3)cn2)C1. The first-order chi connectivity index (χ1) is 11.2. The lowest BCUT2D eigenvalue weighted by Gasteiger charge is -2.34. The van der Waals surface area contributed by atoms with Crippen molar-refractivity contribution >= 4 is 18.0 Å². The molecule has 1 aromatic heterocycles. The molecule has 0 aromatic carbocycles. The van der Waals surface area contributed by atoms with E-state index in [1.54, 1.807) is 11.1 Å². The fraction of sp³-hybridized carbons (Fsp3) is 0.588. The maximum absolute atomic E-state index is 12.5. The van der Waals surface area contributed by atoms with E-state index in [0.717, 1.165) is 57.8 Å². The van der Waals surface area contributed by atoms with Crippen LogP contribution in [0.25, 0.3) is 0 Å². The van der Waals surface area contributed by atoms with Crippen LogP contribution in [0.4, 0.5) is 5.69 Å². The van der Waals surface area contributed by atoms with Gasteiger partial charge < -0.3 is 14.7 Å². The van der Waals surface area contributed by atoms with Crippen LogP contribution in [-0.4, -0.2) is 66.4 Å². The molecule has 3 heterocycles. The third-order valence-corrected chi connectivity index (χ3v) is 4.74. The van der Waals surface area contributed by atoms with Gasteiger partial charge in [-0.15, -0.1) is 0 Å². The highest BCUT2D eigenvalue weighted by molar-refractivity contribution is 5.92. The molecule has 0 saturated carbocycles. The number of pyridine rings is 1. The van der Waals surface area contributed by atoms with Crippen molar-refractivity contribution in [2.45, 2.75) is 19.8 Å². The summed E-state index contributed by atoms with van der Waals surface area (Å²) in [4.78, 5) is 33.5. The van der Waals surface area contributed by atoms with Gasteiger partial charge in [-0.3, -0.25) is 9.59 Å². The molecule has 2 fully saturated rings. The van der Waals surface area contributed by atoms with E-state index in [4.69, 9.17) is 0 Å². The predicted octanol–water partition coefficient (Wildman–Crippen LogP) is 1.23. The maximum atomic E-state index is 12.5. The summed E-state index contributed by atoms with van der Waals surface area (Å²) in [5.41, 5.74) is 1.54. The van der Waals surface area contributed by atoms with Gasteiger partial charge in [0, 0.05) is 39.3 Å². The predicted molar refractivity (Wildman–Crippen MR) is 88.4 cm³/mol. The zero-order chi connectivity index (χ0) is 16.2. The number of aromatic nitrogens is 1. The summed E-state index contributed by atoms with van der Waals surface area (Å²) in [7, 11) is 0. The van der Waals surface area contributed by atoms with Crippen LogP contribution in [0.5, 0.6) is 0 Å². The van der Waals surface area contributed by atoms with E-state index in [-0.39, 0.29) is 5.91 Å². The van der Waals surface area contributed by atoms with Gasteiger partial charge in [0.05, 0.1) is 11.9 Å². The summed E-state index contributed by atoms with van der Waals surface area (Å²) in [6.45, 7) is 6.92. The lowest BCUT2D eigenvalue weighted by molar-refractivity contribution is -0.118. The molecule has 2 aliphatic heterocycles. The van der Waals surface area contributed by atoms with Crippen molar-refractivity contribution in [2.24, 2.45) is 5.92 Å². The molecule has 0 radical (unpaired) electrons. The molecule has 2 saturated heterocycles. The number of likely N-dealkylation sites (tertiary alicyclic amines) is 1. The number of rotatable bonds is 3. The first-order valence-corrected chi connectivity index (χ1v) is 8.37. The summed E-state index contributed by atoms with van der Waals surface area (Å²) >= 11 is 0. The van der Waals surface area contributed by atoms with Crippen LogP contribution in [0, 0.1) is 5.92 Å². The fourth-order valence-electron chi connectivity index (χ4n) is 3.32. The summed E-state index contributed by atoms with van der Waals surface area (Å²) < 4.78 is 0. The van der Waals surface area contributed by atoms with Crippen LogP contribution in [0.3, 0.4) is 0 Å². The minimum Gasteiger partial charge on any atom is -0.367 e. The van der Waals surface area contributed by atoms with Crippen LogP contribution in [0.1, 0.15) is 30.3 Å². The van der Waals surface area contributed by atoms with E-state index in [1.165, 1.54) is 6.42 Å². The smallest absolute Gasteiger partial charge is 0.272 e. The van der Waals surface area contributed by atoms with Crippen LogP contribution < -0.4 is 4.90 Å². The second-order valence-electron chi connectivity index (χ2n) is 6.53. The minimum atomic E-state index is 0.0360. The number of amides is 2. The molecule has 0 aliphatic carbocycles. The Balaban J connectivity index is 1.63. The van der Waals surface area contributed by atoms with Crippen molar-refractivity contribution in [1.82, 2.24) is 14.8 Å². The van der Waals surface area contributed by atoms with E-state index < -0.39 is 0 Å². The molecule has 2 amide bonds. The number of carbonyl (C=O) groups is 2. The molecule has 124 valence electrons. The Morgan fingerprint density at radius 3 is 2.61 bits per heavy atom. The minimum absolute atomic E-state index is 0.0360. The van der Waals surface area contributed by atoms with Gasteiger partial charge in [0.2, 0.25) is 6.41 Å². The van der Waals surface area contributed by atoms with E-state index in [9.17, 15) is 9.59 Å². The van der Waals surface area contributed by atoms with Crippen LogP contribution in [0.2, 0.25) is 0 Å². The normalized spacial score (nSPS) is 22.1. The molecule has 1 atom stereocenters. The molecule has 0 spiro atoms. The molecule has 6 heteroatoms. The van der Waals surface area contributed by atoms with Crippen molar-refractivity contribution < 1.29 is 9.59 Å². The van der Waals surface area contributed by atoms with Gasteiger partial charge in [-0.25, -0.2) is 4.98 Å². The monoisotopic (exact) mass is 316 g/mol. The largest absolute Gasteiger partial charge is 0.367 e. The Morgan fingerprint density at radius 2 is 2.00 bits per heavy atom. The number of hydrogen-bond acceptors (Lipinski definition) is 4. The third kappa shape index (κ3) is 3.63. The number of piperidine rings is 1. The number of nitrogens with zero attached hydrogens (tertiary/aromatic N) is 4. The third-order valence-electron chi connectivity index (χ3n) is 4.74. The second kappa shape index (κ2) is 6.98. The molecular weight excluding hydrogens is 292 g/mol. The maximum Gasteiger partial charge on any atom is 0.272 e. The summed E-state index contributed by atoms with van der Waals surface area (Å²) in [6, 6.07) is 3.78. The van der Waals surface area contributed by atoms with E-state index in [0.29, 0.717) is 11.6 Å². The van der Waals surface area contributed by atoms with Crippen molar-refractivity contribution in [1.29, 1.82) is 0 Å². The number of carbonyl (C=O) groups excluding carboxylic acids is 2. The molecule has 3 rings (SSSR count). The molecule has 6 nitrogen and oxygen atoms in total. The number of hydrogen-bond donors (Lipinski definition) is 0. The number of piperazine rings is 1. The van der Waals surface area contributed by atoms with Crippen molar-refractivity contribution in [2.75, 3.05) is 44.2 Å². The Bertz CT molecular complexity index is 552. The van der Waals surface area contributed by atoms with Gasteiger partial charge in [0.15, 0.2) is 0 Å². The Labute approximate surface area is 137 Å². The van der Waals surface area contributed by atoms with Crippen molar-refractivity contribution in [3.05, 3.63) is 24.0 Å². The van der Waals surface area contributed by atoms with Crippen molar-refractivity contribution in [3.63, 3.8) is 0 Å². The Hall–Kier alpha value is -2.11. The Kier molecular flexibility index (Phi) is 4.79. The van der Waals surface area contributed by atoms with E-state index in [2.05, 4.69) is 16.8 Å². The van der Waals surface area contributed by atoms with Gasteiger partial charge in [-0.2, -0.15) is 0 Å². The molecular formula is C17H24N4O2. The van der Waals surface area contributed by atoms with Crippen LogP contribution in [0.15, 0.2) is 18.3 Å². The van der Waals surface area contributed by atoms with Gasteiger partial charge in [-0.1, -0.05) is 6.92 Å². The molecule has 1 unspecified atom stereocenters. The standard InChI is InChI=1S/C17H24N4O2/c1-14-3-2-6-21(12-14)17(23)16-5-4-15(11-18-16)20-9-7-19(13-22)8-10-20/h4-5,11,13-14H,2-3,6-10,12H2,1H3. The summed E-state index contributed by atoms with van der Waals surface area (Å²) in [6.07, 6.45) is 4.95. The average molecular weight is 316 g/mol. The summed E-state index contributed by atoms with van der Waals surface area (Å²) in [5, 5.41) is 0. The Morgan fingerprint density at radius 1 is 1.22 bits per heavy atom. The zero-order valence-corrected chi connectivity index (χ0v) is 13.6. The lowest BCUT2D eigenvalue weighted by atomic mass is 10.00. The van der Waals surface area contributed by atoms with E-state index >= 15 is 0 Å². The van der Waals surface area contributed by atoms with E-state index in [1.807, 2.05) is 17.0 Å². The molecule has 2 aliphatic rings. The fourth-order valence-corrected chi connectivity index (χ4v) is 3.32. The highest BCUT2D eigenvalue weighted by atomic mass is 16.2. The topological polar surface area (TPSA) is 56.8 Å². The van der Waals surface area contributed by atoms with Gasteiger partial charge in [0.1, 0.15) is 5.69 Å². The molecule has 0 bridgehead atoms.